The van der Waals surface area contributed by atoms with Crippen molar-refractivity contribution in [3.63, 3.8) is 0 Å². The van der Waals surface area contributed by atoms with Crippen LogP contribution in [0.2, 0.25) is 0 Å². The summed E-state index contributed by atoms with van der Waals surface area (Å²) in [6.45, 7) is 0.567. The fourth-order valence-corrected chi connectivity index (χ4v) is 3.97. The number of carbonyl (C=O) groups excluding carboxylic acids is 1. The summed E-state index contributed by atoms with van der Waals surface area (Å²) in [5, 5.41) is 3.62. The first-order chi connectivity index (χ1) is 14.7. The molecule has 0 fully saturated rings. The average Bonchev–Trinajstić information content (AvgIpc) is 3.21. The van der Waals surface area contributed by atoms with E-state index in [0.717, 1.165) is 34.4 Å². The van der Waals surface area contributed by atoms with E-state index < -0.39 is 0 Å². The van der Waals surface area contributed by atoms with E-state index in [1.807, 2.05) is 72.8 Å². The first-order valence-corrected chi connectivity index (χ1v) is 10.7. The van der Waals surface area contributed by atoms with E-state index in [9.17, 15) is 4.79 Å². The molecule has 0 atom stereocenters. The molecule has 0 saturated heterocycles. The van der Waals surface area contributed by atoms with Gasteiger partial charge in [-0.3, -0.25) is 4.79 Å². The van der Waals surface area contributed by atoms with Crippen LogP contribution in [0.25, 0.3) is 11.1 Å². The fourth-order valence-electron chi connectivity index (χ4n) is 3.13. The highest BCUT2D eigenvalue weighted by Gasteiger charge is 2.13. The van der Waals surface area contributed by atoms with E-state index in [4.69, 9.17) is 9.15 Å². The molecule has 1 N–H and O–H groups in total. The second-order valence-electron chi connectivity index (χ2n) is 6.75. The van der Waals surface area contributed by atoms with Gasteiger partial charge in [0, 0.05) is 17.9 Å². The molecule has 0 bridgehead atoms. The third-order valence-electron chi connectivity index (χ3n) is 4.75. The van der Waals surface area contributed by atoms with E-state index >= 15 is 0 Å². The van der Waals surface area contributed by atoms with Gasteiger partial charge < -0.3 is 14.5 Å². The van der Waals surface area contributed by atoms with Crippen LogP contribution in [0.4, 0.5) is 0 Å². The summed E-state index contributed by atoms with van der Waals surface area (Å²) in [5.41, 5.74) is 4.38. The number of fused-ring (bicyclic) bond motifs is 1. The van der Waals surface area contributed by atoms with Crippen molar-refractivity contribution in [1.29, 1.82) is 0 Å². The molecule has 0 aliphatic heterocycles. The molecule has 6 heteroatoms. The molecule has 1 heterocycles. The summed E-state index contributed by atoms with van der Waals surface area (Å²) >= 11 is 1.49. The molecule has 0 aliphatic rings. The minimum absolute atomic E-state index is 0.0720. The molecular weight excluding hydrogens is 396 g/mol. The highest BCUT2D eigenvalue weighted by molar-refractivity contribution is 7.98. The highest BCUT2D eigenvalue weighted by Crippen LogP contribution is 2.27. The molecule has 5 nitrogen and oxygen atoms in total. The molecule has 4 rings (SSSR count). The topological polar surface area (TPSA) is 64.4 Å². The minimum Gasteiger partial charge on any atom is -0.497 e. The lowest BCUT2D eigenvalue weighted by molar-refractivity contribution is 0.0953. The molecular formula is C24H22N2O3S. The Bertz CT molecular complexity index is 1110. The summed E-state index contributed by atoms with van der Waals surface area (Å²) in [6, 6.07) is 23.2. The van der Waals surface area contributed by atoms with Gasteiger partial charge in [0.1, 0.15) is 11.3 Å². The van der Waals surface area contributed by atoms with Crippen LogP contribution in [-0.2, 0) is 12.2 Å². The lowest BCUT2D eigenvalue weighted by Crippen LogP contribution is -2.26. The Kier molecular flexibility index (Phi) is 6.35. The number of carbonyl (C=O) groups is 1. The zero-order valence-corrected chi connectivity index (χ0v) is 17.4. The van der Waals surface area contributed by atoms with Gasteiger partial charge >= 0.3 is 0 Å². The van der Waals surface area contributed by atoms with Gasteiger partial charge in [-0.2, -0.15) is 0 Å². The van der Waals surface area contributed by atoms with Crippen LogP contribution in [0, 0.1) is 0 Å². The lowest BCUT2D eigenvalue weighted by atomic mass is 10.1. The lowest BCUT2D eigenvalue weighted by Gasteiger charge is -2.10. The molecule has 4 aromatic rings. The molecule has 1 amide bonds. The Labute approximate surface area is 179 Å². The maximum absolute atomic E-state index is 12.7. The maximum atomic E-state index is 12.7. The quantitative estimate of drug-likeness (QED) is 0.403. The Balaban J connectivity index is 1.36. The number of benzene rings is 3. The normalized spacial score (nSPS) is 10.8. The van der Waals surface area contributed by atoms with E-state index in [1.54, 1.807) is 7.11 Å². The van der Waals surface area contributed by atoms with Crippen molar-refractivity contribution in [3.05, 3.63) is 89.5 Å². The van der Waals surface area contributed by atoms with Gasteiger partial charge in [0.25, 0.3) is 11.1 Å². The number of hydrogen-bond donors (Lipinski definition) is 1. The SMILES string of the molecule is COc1ccc(CCNC(=O)c2ccccc2CSc2nc3ccccc3o2)cc1. The number of rotatable bonds is 8. The van der Waals surface area contributed by atoms with Crippen LogP contribution < -0.4 is 10.1 Å². The monoisotopic (exact) mass is 418 g/mol. The van der Waals surface area contributed by atoms with Gasteiger partial charge in [-0.05, 0) is 47.9 Å². The molecule has 0 spiro atoms. The number of para-hydroxylation sites is 2. The second kappa shape index (κ2) is 9.50. The van der Waals surface area contributed by atoms with Crippen molar-refractivity contribution in [3.8, 4) is 5.75 Å². The average molecular weight is 419 g/mol. The van der Waals surface area contributed by atoms with Crippen molar-refractivity contribution < 1.29 is 13.9 Å². The van der Waals surface area contributed by atoms with Crippen LogP contribution in [-0.4, -0.2) is 24.5 Å². The van der Waals surface area contributed by atoms with Gasteiger partial charge in [-0.25, -0.2) is 4.98 Å². The zero-order chi connectivity index (χ0) is 20.8. The van der Waals surface area contributed by atoms with Crippen LogP contribution in [0.3, 0.4) is 0 Å². The second-order valence-corrected chi connectivity index (χ2v) is 7.67. The Morgan fingerprint density at radius 1 is 1.03 bits per heavy atom. The number of ether oxygens (including phenoxy) is 1. The number of nitrogens with one attached hydrogen (secondary N) is 1. The molecule has 152 valence electrons. The number of oxazole rings is 1. The highest BCUT2D eigenvalue weighted by atomic mass is 32.2. The smallest absolute Gasteiger partial charge is 0.257 e. The third-order valence-corrected chi connectivity index (χ3v) is 5.62. The number of amides is 1. The van der Waals surface area contributed by atoms with Gasteiger partial charge in [-0.1, -0.05) is 54.2 Å². The van der Waals surface area contributed by atoms with E-state index in [-0.39, 0.29) is 5.91 Å². The van der Waals surface area contributed by atoms with Crippen molar-refractivity contribution >= 4 is 28.8 Å². The molecule has 30 heavy (non-hydrogen) atoms. The number of methoxy groups -OCH3 is 1. The van der Waals surface area contributed by atoms with Crippen LogP contribution in [0.15, 0.2) is 82.4 Å². The van der Waals surface area contributed by atoms with E-state index in [0.29, 0.717) is 23.1 Å². The standard InChI is InChI=1S/C24H22N2O3S/c1-28-19-12-10-17(11-13-19)14-15-25-23(27)20-7-3-2-6-18(20)16-30-24-26-21-8-4-5-9-22(21)29-24/h2-13H,14-16H2,1H3,(H,25,27). The van der Waals surface area contributed by atoms with E-state index in [1.165, 1.54) is 11.8 Å². The largest absolute Gasteiger partial charge is 0.497 e. The van der Waals surface area contributed by atoms with Crippen molar-refractivity contribution in [2.45, 2.75) is 17.4 Å². The molecule has 0 unspecified atom stereocenters. The first-order valence-electron chi connectivity index (χ1n) is 9.70. The first kappa shape index (κ1) is 20.0. The van der Waals surface area contributed by atoms with Gasteiger partial charge in [0.05, 0.1) is 7.11 Å². The summed E-state index contributed by atoms with van der Waals surface area (Å²) in [5.74, 6) is 1.36. The van der Waals surface area contributed by atoms with Gasteiger partial charge in [0.2, 0.25) is 0 Å². The predicted octanol–water partition coefficient (Wildman–Crippen LogP) is 5.10. The summed E-state index contributed by atoms with van der Waals surface area (Å²) in [4.78, 5) is 17.2. The number of hydrogen-bond acceptors (Lipinski definition) is 5. The Morgan fingerprint density at radius 3 is 2.60 bits per heavy atom. The van der Waals surface area contributed by atoms with Crippen molar-refractivity contribution in [2.24, 2.45) is 0 Å². The zero-order valence-electron chi connectivity index (χ0n) is 16.6. The Morgan fingerprint density at radius 2 is 1.80 bits per heavy atom. The summed E-state index contributed by atoms with van der Waals surface area (Å²) < 4.78 is 10.9. The summed E-state index contributed by atoms with van der Waals surface area (Å²) in [6.07, 6.45) is 0.759. The molecule has 1 aromatic heterocycles. The van der Waals surface area contributed by atoms with E-state index in [2.05, 4.69) is 10.3 Å². The maximum Gasteiger partial charge on any atom is 0.257 e. The van der Waals surface area contributed by atoms with Crippen molar-refractivity contribution in [2.75, 3.05) is 13.7 Å². The van der Waals surface area contributed by atoms with Gasteiger partial charge in [-0.15, -0.1) is 0 Å². The van der Waals surface area contributed by atoms with Gasteiger partial charge in [0.15, 0.2) is 5.58 Å². The fraction of sp³-hybridized carbons (Fsp3) is 0.167. The van der Waals surface area contributed by atoms with Crippen LogP contribution in [0.1, 0.15) is 21.5 Å². The molecule has 0 radical (unpaired) electrons. The molecule has 3 aromatic carbocycles. The molecule has 0 saturated carbocycles. The number of thioether (sulfide) groups is 1. The predicted molar refractivity (Wildman–Crippen MR) is 119 cm³/mol. The third kappa shape index (κ3) is 4.83. The Hall–Kier alpha value is -3.25. The van der Waals surface area contributed by atoms with Crippen LogP contribution >= 0.6 is 11.8 Å². The molecule has 0 aliphatic carbocycles. The van der Waals surface area contributed by atoms with Crippen LogP contribution in [0.5, 0.6) is 5.75 Å². The summed E-state index contributed by atoms with van der Waals surface area (Å²) in [7, 11) is 1.65. The minimum atomic E-state index is -0.0720. The van der Waals surface area contributed by atoms with Crippen molar-refractivity contribution in [1.82, 2.24) is 10.3 Å². The number of nitrogens with zero attached hydrogens (tertiary/aromatic N) is 1. The number of aromatic nitrogens is 1.